The summed E-state index contributed by atoms with van der Waals surface area (Å²) in [5.41, 5.74) is 12.4. The van der Waals surface area contributed by atoms with E-state index in [4.69, 9.17) is 0 Å². The summed E-state index contributed by atoms with van der Waals surface area (Å²) in [6.07, 6.45) is 3.06. The van der Waals surface area contributed by atoms with E-state index in [0.717, 1.165) is 45.4 Å². The number of para-hydroxylation sites is 3. The van der Waals surface area contributed by atoms with Crippen molar-refractivity contribution in [2.45, 2.75) is 6.42 Å². The quantitative estimate of drug-likeness (QED) is 0.0905. The Morgan fingerprint density at radius 2 is 0.967 bits per heavy atom. The van der Waals surface area contributed by atoms with Gasteiger partial charge in [0.2, 0.25) is 0 Å². The van der Waals surface area contributed by atoms with Crippen molar-refractivity contribution in [1.29, 1.82) is 0 Å². The van der Waals surface area contributed by atoms with Crippen LogP contribution in [0, 0.1) is 23.8 Å². The number of hydrogen-bond donors (Lipinski definition) is 0. The molecule has 0 radical (unpaired) electrons. The van der Waals surface area contributed by atoms with Crippen LogP contribution in [-0.2, 0) is 6.42 Å². The summed E-state index contributed by atoms with van der Waals surface area (Å²) in [5, 5.41) is 23.9. The van der Waals surface area contributed by atoms with Crippen molar-refractivity contribution < 1.29 is 9.85 Å². The van der Waals surface area contributed by atoms with Crippen molar-refractivity contribution >= 4 is 56.5 Å². The molecule has 1 heterocycles. The average molecular weight is 908 g/mol. The van der Waals surface area contributed by atoms with Crippen LogP contribution in [-0.4, -0.2) is 14.4 Å². The standard InChI is InChI=1S/C26H18N2O2.C21H15NO2.C6H5I/c29-28(30)24-14-8-7-13-23(24)20-15-16-21-18-25(19-9-3-1-4-10-19)27(26(21)17-20)22-11-5-2-6-12-22;23-22(24)21-9-5-4-8-20(21)17-11-10-16-12-18(14-19(16)13-17)15-6-2-1-3-7-15;7-6-4-2-1-3-5-6/h1-18H;1-13H,14H2;1-5H. The fraction of sp³-hybridized carbons (Fsp3) is 0.0189. The summed E-state index contributed by atoms with van der Waals surface area (Å²) < 4.78 is 3.50. The summed E-state index contributed by atoms with van der Waals surface area (Å²) >= 11 is 2.28. The first-order chi connectivity index (χ1) is 29.8. The van der Waals surface area contributed by atoms with Gasteiger partial charge in [-0.25, -0.2) is 0 Å². The van der Waals surface area contributed by atoms with Gasteiger partial charge in [0, 0.05) is 26.8 Å². The van der Waals surface area contributed by atoms with E-state index in [1.54, 1.807) is 36.4 Å². The lowest BCUT2D eigenvalue weighted by Gasteiger charge is -2.12. The topological polar surface area (TPSA) is 91.2 Å². The highest BCUT2D eigenvalue weighted by molar-refractivity contribution is 14.1. The van der Waals surface area contributed by atoms with Crippen LogP contribution in [0.2, 0.25) is 0 Å². The fourth-order valence-corrected chi connectivity index (χ4v) is 7.98. The smallest absolute Gasteiger partial charge is 0.277 e. The van der Waals surface area contributed by atoms with Gasteiger partial charge in [0.15, 0.2) is 0 Å². The molecule has 1 aromatic heterocycles. The molecule has 0 atom stereocenters. The van der Waals surface area contributed by atoms with Gasteiger partial charge in [0.25, 0.3) is 11.4 Å². The molecule has 10 rings (SSSR count). The van der Waals surface area contributed by atoms with Crippen LogP contribution in [0.4, 0.5) is 11.4 Å². The summed E-state index contributed by atoms with van der Waals surface area (Å²) in [6, 6.07) is 69.0. The Morgan fingerprint density at radius 1 is 0.475 bits per heavy atom. The minimum absolute atomic E-state index is 0.109. The number of allylic oxidation sites excluding steroid dienone is 1. The zero-order valence-electron chi connectivity index (χ0n) is 32.8. The lowest BCUT2D eigenvalue weighted by Crippen LogP contribution is -1.97. The molecule has 1 aliphatic rings. The monoisotopic (exact) mass is 907 g/mol. The van der Waals surface area contributed by atoms with Crippen LogP contribution >= 0.6 is 22.6 Å². The third kappa shape index (κ3) is 9.25. The maximum Gasteiger partial charge on any atom is 0.277 e. The molecule has 7 nitrogen and oxygen atoms in total. The molecular weight excluding hydrogens is 870 g/mol. The van der Waals surface area contributed by atoms with Gasteiger partial charge >= 0.3 is 0 Å². The predicted molar refractivity (Wildman–Crippen MR) is 257 cm³/mol. The zero-order chi connectivity index (χ0) is 42.1. The van der Waals surface area contributed by atoms with Crippen molar-refractivity contribution in [3.8, 4) is 39.2 Å². The number of rotatable bonds is 7. The third-order valence-electron chi connectivity index (χ3n) is 10.4. The van der Waals surface area contributed by atoms with Gasteiger partial charge in [-0.1, -0.05) is 152 Å². The van der Waals surface area contributed by atoms with Gasteiger partial charge < -0.3 is 4.57 Å². The maximum atomic E-state index is 11.5. The predicted octanol–water partition coefficient (Wildman–Crippen LogP) is 14.5. The molecule has 296 valence electrons. The summed E-state index contributed by atoms with van der Waals surface area (Å²) in [6.45, 7) is 0. The molecule has 0 spiro atoms. The molecule has 8 aromatic carbocycles. The fourth-order valence-electron chi connectivity index (χ4n) is 7.56. The first-order valence-electron chi connectivity index (χ1n) is 19.7. The highest BCUT2D eigenvalue weighted by Crippen LogP contribution is 2.38. The van der Waals surface area contributed by atoms with E-state index in [-0.39, 0.29) is 21.2 Å². The van der Waals surface area contributed by atoms with E-state index < -0.39 is 0 Å². The van der Waals surface area contributed by atoms with Crippen molar-refractivity contribution in [2.24, 2.45) is 0 Å². The van der Waals surface area contributed by atoms with Crippen molar-refractivity contribution in [2.75, 3.05) is 0 Å². The lowest BCUT2D eigenvalue weighted by atomic mass is 9.98. The number of nitro benzene ring substituents is 2. The number of fused-ring (bicyclic) bond motifs is 2. The Hall–Kier alpha value is -7.43. The molecule has 0 aliphatic heterocycles. The highest BCUT2D eigenvalue weighted by Gasteiger charge is 2.20. The Morgan fingerprint density at radius 3 is 1.52 bits per heavy atom. The van der Waals surface area contributed by atoms with Gasteiger partial charge in [-0.15, -0.1) is 0 Å². The highest BCUT2D eigenvalue weighted by atomic mass is 127. The van der Waals surface area contributed by atoms with E-state index in [2.05, 4.69) is 100.0 Å². The minimum Gasteiger partial charge on any atom is -0.309 e. The summed E-state index contributed by atoms with van der Waals surface area (Å²) in [4.78, 5) is 22.1. The van der Waals surface area contributed by atoms with Crippen LogP contribution in [0.3, 0.4) is 0 Å². The maximum absolute atomic E-state index is 11.5. The largest absolute Gasteiger partial charge is 0.309 e. The SMILES string of the molecule is Ic1ccccc1.O=[N+]([O-])c1ccccc1-c1ccc2c(c1)CC(c1ccccc1)=C2.O=[N+]([O-])c1ccccc1-c1ccc2cc(-c3ccccc3)n(-c3ccccc3)c2c1. The second-order valence-corrected chi connectivity index (χ2v) is 15.6. The van der Waals surface area contributed by atoms with Gasteiger partial charge in [-0.3, -0.25) is 20.2 Å². The molecule has 0 fully saturated rings. The second kappa shape index (κ2) is 18.7. The Balaban J connectivity index is 0.000000148. The molecule has 0 saturated carbocycles. The van der Waals surface area contributed by atoms with Crippen molar-refractivity contribution in [3.63, 3.8) is 0 Å². The summed E-state index contributed by atoms with van der Waals surface area (Å²) in [5.74, 6) is 0. The van der Waals surface area contributed by atoms with Gasteiger partial charge in [0.1, 0.15) is 0 Å². The Bertz CT molecular complexity index is 3000. The molecule has 61 heavy (non-hydrogen) atoms. The van der Waals surface area contributed by atoms with E-state index in [1.807, 2.05) is 109 Å². The Labute approximate surface area is 367 Å². The van der Waals surface area contributed by atoms with Gasteiger partial charge in [0.05, 0.1) is 32.2 Å². The molecular formula is C53H38IN3O4. The molecule has 0 bridgehead atoms. The first kappa shape index (κ1) is 40.4. The average Bonchev–Trinajstić information content (AvgIpc) is 3.92. The number of nitro groups is 2. The van der Waals surface area contributed by atoms with Crippen LogP contribution in [0.1, 0.15) is 16.7 Å². The molecule has 8 heteroatoms. The van der Waals surface area contributed by atoms with Crippen LogP contribution < -0.4 is 0 Å². The number of nitrogens with zero attached hydrogens (tertiary/aromatic N) is 3. The molecule has 9 aromatic rings. The van der Waals surface area contributed by atoms with E-state index in [1.165, 1.54) is 25.8 Å². The normalized spacial score (nSPS) is 11.3. The molecule has 0 saturated heterocycles. The van der Waals surface area contributed by atoms with E-state index in [9.17, 15) is 20.2 Å². The molecule has 1 aliphatic carbocycles. The van der Waals surface area contributed by atoms with Gasteiger partial charge in [-0.05, 0) is 123 Å². The van der Waals surface area contributed by atoms with Crippen LogP contribution in [0.25, 0.3) is 61.8 Å². The number of aromatic nitrogens is 1. The second-order valence-electron chi connectivity index (χ2n) is 14.3. The van der Waals surface area contributed by atoms with E-state index >= 15 is 0 Å². The summed E-state index contributed by atoms with van der Waals surface area (Å²) in [7, 11) is 0. The van der Waals surface area contributed by atoms with Crippen LogP contribution in [0.15, 0.2) is 212 Å². The lowest BCUT2D eigenvalue weighted by molar-refractivity contribution is -0.384. The number of benzene rings is 8. The van der Waals surface area contributed by atoms with E-state index in [0.29, 0.717) is 11.1 Å². The molecule has 0 amide bonds. The van der Waals surface area contributed by atoms with Crippen molar-refractivity contribution in [3.05, 3.63) is 253 Å². The zero-order valence-corrected chi connectivity index (χ0v) is 35.0. The minimum atomic E-state index is -0.328. The molecule has 0 unspecified atom stereocenters. The number of halogens is 1. The first-order valence-corrected chi connectivity index (χ1v) is 20.8. The van der Waals surface area contributed by atoms with Gasteiger partial charge in [-0.2, -0.15) is 0 Å². The Kier molecular flexibility index (Phi) is 12.3. The van der Waals surface area contributed by atoms with Crippen LogP contribution in [0.5, 0.6) is 0 Å². The molecule has 0 N–H and O–H groups in total. The number of hydrogen-bond acceptors (Lipinski definition) is 4. The van der Waals surface area contributed by atoms with Crippen molar-refractivity contribution in [1.82, 2.24) is 4.57 Å². The third-order valence-corrected chi connectivity index (χ3v) is 11.2.